The van der Waals surface area contributed by atoms with Gasteiger partial charge in [0, 0.05) is 22.4 Å². The molecule has 1 nitrogen and oxygen atoms in total. The standard InChI is InChI=1S/C59H53N/c1-58(2)55-16-7-5-13-52(55)53-31-30-49(35-56(53)58)60(57-17-8-6-14-54(57)51-15-9-11-46-10-3-4-12-50(46)51)48-28-24-45(25-29-48)43-20-18-42(19-21-43)44-22-26-47(27-23-44)59-36-39-32-40(37-59)34-41(33-39)38-59/h3-4,6-12,14-31,35,39-41H,5,13,32-34,36-38H2,1-2H3. The van der Waals surface area contributed by atoms with Crippen LogP contribution in [0.25, 0.3) is 49.7 Å². The summed E-state index contributed by atoms with van der Waals surface area (Å²) < 4.78 is 0. The van der Waals surface area contributed by atoms with Gasteiger partial charge < -0.3 is 4.90 Å². The van der Waals surface area contributed by atoms with E-state index in [0.29, 0.717) is 5.41 Å². The second-order valence-corrected chi connectivity index (χ2v) is 19.5. The molecule has 7 aromatic rings. The van der Waals surface area contributed by atoms with E-state index in [1.54, 1.807) is 5.56 Å². The molecule has 4 bridgehead atoms. The second-order valence-electron chi connectivity index (χ2n) is 19.5. The zero-order valence-corrected chi connectivity index (χ0v) is 35.0. The van der Waals surface area contributed by atoms with Crippen LogP contribution in [0.2, 0.25) is 0 Å². The van der Waals surface area contributed by atoms with E-state index >= 15 is 0 Å². The van der Waals surface area contributed by atoms with Crippen molar-refractivity contribution in [3.63, 3.8) is 0 Å². The quantitative estimate of drug-likeness (QED) is 0.156. The minimum absolute atomic E-state index is 0.0507. The Labute approximate surface area is 356 Å². The molecule has 0 saturated heterocycles. The van der Waals surface area contributed by atoms with E-state index < -0.39 is 0 Å². The van der Waals surface area contributed by atoms with Crippen LogP contribution in [0.1, 0.15) is 81.9 Å². The Morgan fingerprint density at radius 2 is 1.08 bits per heavy atom. The molecule has 0 aromatic heterocycles. The Kier molecular flexibility index (Phi) is 8.28. The van der Waals surface area contributed by atoms with Gasteiger partial charge in [-0.3, -0.25) is 0 Å². The fraction of sp³-hybridized carbons (Fsp3) is 0.254. The second kappa shape index (κ2) is 13.8. The average Bonchev–Trinajstić information content (AvgIpc) is 3.51. The van der Waals surface area contributed by atoms with Gasteiger partial charge in [0.25, 0.3) is 0 Å². The SMILES string of the molecule is CC1(C)C2=C(CCC=C2)c2ccc(N(c3ccc(-c4ccc(-c5ccc(C67CC8CC(CC(C8)C6)C7)cc5)cc4)cc3)c3ccccc3-c3cccc4ccccc34)cc21. The Bertz CT molecular complexity index is 2810. The summed E-state index contributed by atoms with van der Waals surface area (Å²) in [6.45, 7) is 4.81. The highest BCUT2D eigenvalue weighted by Gasteiger charge is 2.51. The number of hydrogen-bond acceptors (Lipinski definition) is 1. The fourth-order valence-corrected chi connectivity index (χ4v) is 13.0. The van der Waals surface area contributed by atoms with Crippen molar-refractivity contribution in [3.05, 3.63) is 192 Å². The van der Waals surface area contributed by atoms with Crippen molar-refractivity contribution in [2.75, 3.05) is 4.90 Å². The monoisotopic (exact) mass is 775 g/mol. The maximum Gasteiger partial charge on any atom is 0.0540 e. The topological polar surface area (TPSA) is 3.24 Å². The highest BCUT2D eigenvalue weighted by Crippen LogP contribution is 2.61. The predicted molar refractivity (Wildman–Crippen MR) is 253 cm³/mol. The van der Waals surface area contributed by atoms with Crippen LogP contribution in [0.3, 0.4) is 0 Å². The summed E-state index contributed by atoms with van der Waals surface area (Å²) in [5, 5.41) is 2.52. The molecule has 4 saturated carbocycles. The predicted octanol–water partition coefficient (Wildman–Crippen LogP) is 16.2. The molecule has 0 aliphatic heterocycles. The third-order valence-electron chi connectivity index (χ3n) is 15.5. The van der Waals surface area contributed by atoms with Crippen LogP contribution in [0.5, 0.6) is 0 Å². The van der Waals surface area contributed by atoms with Crippen LogP contribution in [0.15, 0.2) is 175 Å². The van der Waals surface area contributed by atoms with Gasteiger partial charge >= 0.3 is 0 Å². The molecule has 60 heavy (non-hydrogen) atoms. The number of allylic oxidation sites excluding steroid dienone is 4. The van der Waals surface area contributed by atoms with E-state index in [-0.39, 0.29) is 5.41 Å². The van der Waals surface area contributed by atoms with E-state index in [0.717, 1.165) is 36.3 Å². The Balaban J connectivity index is 0.889. The highest BCUT2D eigenvalue weighted by atomic mass is 15.1. The molecule has 0 N–H and O–H groups in total. The number of rotatable bonds is 7. The van der Waals surface area contributed by atoms with E-state index in [9.17, 15) is 0 Å². The van der Waals surface area contributed by atoms with E-state index in [4.69, 9.17) is 0 Å². The first-order valence-corrected chi connectivity index (χ1v) is 22.6. The summed E-state index contributed by atoms with van der Waals surface area (Å²) in [6, 6.07) is 59.8. The number of hydrogen-bond donors (Lipinski definition) is 0. The Hall–Kier alpha value is -5.92. The van der Waals surface area contributed by atoms with Gasteiger partial charge in [-0.1, -0.05) is 153 Å². The molecule has 6 aliphatic rings. The number of fused-ring (bicyclic) bond motifs is 3. The van der Waals surface area contributed by atoms with Crippen LogP contribution >= 0.6 is 0 Å². The van der Waals surface area contributed by atoms with Gasteiger partial charge in [0.2, 0.25) is 0 Å². The minimum Gasteiger partial charge on any atom is -0.310 e. The molecule has 0 atom stereocenters. The van der Waals surface area contributed by atoms with Crippen molar-refractivity contribution < 1.29 is 0 Å². The summed E-state index contributed by atoms with van der Waals surface area (Å²) in [5.41, 5.74) is 18.9. The van der Waals surface area contributed by atoms with Gasteiger partial charge in [-0.15, -0.1) is 0 Å². The van der Waals surface area contributed by atoms with Crippen molar-refractivity contribution in [2.45, 2.75) is 76.0 Å². The maximum atomic E-state index is 2.49. The zero-order chi connectivity index (χ0) is 40.0. The van der Waals surface area contributed by atoms with Gasteiger partial charge in [-0.25, -0.2) is 0 Å². The van der Waals surface area contributed by atoms with Crippen LogP contribution in [-0.2, 0) is 10.8 Å². The lowest BCUT2D eigenvalue weighted by Gasteiger charge is -2.57. The highest BCUT2D eigenvalue weighted by molar-refractivity contribution is 6.01. The molecule has 4 fully saturated rings. The van der Waals surface area contributed by atoms with E-state index in [2.05, 4.69) is 189 Å². The van der Waals surface area contributed by atoms with Crippen molar-refractivity contribution in [1.82, 2.24) is 0 Å². The van der Waals surface area contributed by atoms with Crippen molar-refractivity contribution >= 4 is 33.4 Å². The number of para-hydroxylation sites is 1. The summed E-state index contributed by atoms with van der Waals surface area (Å²) in [5.74, 6) is 2.91. The number of benzene rings is 7. The Morgan fingerprint density at radius 3 is 1.78 bits per heavy atom. The molecule has 0 unspecified atom stereocenters. The van der Waals surface area contributed by atoms with Gasteiger partial charge in [-0.2, -0.15) is 0 Å². The van der Waals surface area contributed by atoms with Crippen LogP contribution in [0, 0.1) is 17.8 Å². The zero-order valence-electron chi connectivity index (χ0n) is 35.0. The number of nitrogens with zero attached hydrogens (tertiary/aromatic N) is 1. The molecule has 6 aliphatic carbocycles. The summed E-state index contributed by atoms with van der Waals surface area (Å²) >= 11 is 0. The largest absolute Gasteiger partial charge is 0.310 e. The van der Waals surface area contributed by atoms with Crippen LogP contribution in [0.4, 0.5) is 17.1 Å². The normalized spacial score (nSPS) is 23.2. The van der Waals surface area contributed by atoms with Gasteiger partial charge in [0.05, 0.1) is 5.69 Å². The molecule has 0 amide bonds. The molecule has 7 aromatic carbocycles. The lowest BCUT2D eigenvalue weighted by Crippen LogP contribution is -2.48. The lowest BCUT2D eigenvalue weighted by atomic mass is 9.48. The molecule has 1 heteroatoms. The lowest BCUT2D eigenvalue weighted by molar-refractivity contribution is -0.00518. The summed E-state index contributed by atoms with van der Waals surface area (Å²) in [6.07, 6.45) is 15.7. The first-order chi connectivity index (χ1) is 29.4. The van der Waals surface area contributed by atoms with Crippen molar-refractivity contribution in [2.24, 2.45) is 17.8 Å². The molecular formula is C59H53N. The van der Waals surface area contributed by atoms with Crippen LogP contribution < -0.4 is 4.90 Å². The average molecular weight is 776 g/mol. The smallest absolute Gasteiger partial charge is 0.0540 e. The summed E-state index contributed by atoms with van der Waals surface area (Å²) in [4.78, 5) is 2.49. The van der Waals surface area contributed by atoms with Crippen molar-refractivity contribution in [1.29, 1.82) is 0 Å². The molecular weight excluding hydrogens is 723 g/mol. The molecule has 0 spiro atoms. The van der Waals surface area contributed by atoms with Crippen molar-refractivity contribution in [3.8, 4) is 33.4 Å². The van der Waals surface area contributed by atoms with E-state index in [1.165, 1.54) is 116 Å². The molecule has 294 valence electrons. The molecule has 0 heterocycles. The Morgan fingerprint density at radius 1 is 0.517 bits per heavy atom. The van der Waals surface area contributed by atoms with Crippen LogP contribution in [-0.4, -0.2) is 0 Å². The molecule has 0 radical (unpaired) electrons. The van der Waals surface area contributed by atoms with E-state index in [1.807, 2.05) is 0 Å². The third-order valence-corrected chi connectivity index (χ3v) is 15.5. The fourth-order valence-electron chi connectivity index (χ4n) is 13.0. The molecule has 13 rings (SSSR count). The van der Waals surface area contributed by atoms with Gasteiger partial charge in [0.1, 0.15) is 0 Å². The van der Waals surface area contributed by atoms with Gasteiger partial charge in [-0.05, 0) is 171 Å². The minimum atomic E-state index is -0.0507. The number of anilines is 3. The maximum absolute atomic E-state index is 2.49. The third kappa shape index (κ3) is 5.80. The summed E-state index contributed by atoms with van der Waals surface area (Å²) in [7, 11) is 0. The first-order valence-electron chi connectivity index (χ1n) is 22.6. The first kappa shape index (κ1) is 36.0. The van der Waals surface area contributed by atoms with Gasteiger partial charge in [0.15, 0.2) is 0 Å².